The number of nitrogens with zero attached hydrogens (tertiary/aromatic N) is 2. The van der Waals surface area contributed by atoms with Crippen molar-refractivity contribution in [3.63, 3.8) is 0 Å². The van der Waals surface area contributed by atoms with Crippen molar-refractivity contribution >= 4 is 11.6 Å². The molecule has 0 fully saturated rings. The van der Waals surface area contributed by atoms with Crippen molar-refractivity contribution in [2.45, 2.75) is 0 Å². The molecule has 0 aliphatic carbocycles. The topological polar surface area (TPSA) is 68.0 Å². The van der Waals surface area contributed by atoms with Crippen LogP contribution in [0.3, 0.4) is 0 Å². The van der Waals surface area contributed by atoms with Crippen LogP contribution in [0.1, 0.15) is 10.5 Å². The molecule has 3 rings (SSSR count). The molecule has 7 heteroatoms. The zero-order valence-electron chi connectivity index (χ0n) is 11.1. The van der Waals surface area contributed by atoms with Crippen LogP contribution in [-0.4, -0.2) is 16.0 Å². The van der Waals surface area contributed by atoms with Crippen molar-refractivity contribution in [2.24, 2.45) is 0 Å². The van der Waals surface area contributed by atoms with Gasteiger partial charge in [-0.2, -0.15) is 0 Å². The SMILES string of the molecule is O=C(Nc1ccc(F)cc1F)c1cc(-c2cccnc2)on1. The number of benzene rings is 1. The van der Waals surface area contributed by atoms with Crippen LogP contribution >= 0.6 is 0 Å². The lowest BCUT2D eigenvalue weighted by Gasteiger charge is -2.03. The Morgan fingerprint density at radius 2 is 2.05 bits per heavy atom. The summed E-state index contributed by atoms with van der Waals surface area (Å²) in [7, 11) is 0. The molecule has 0 radical (unpaired) electrons. The van der Waals surface area contributed by atoms with E-state index in [9.17, 15) is 13.6 Å². The molecule has 1 N–H and O–H groups in total. The normalized spacial score (nSPS) is 10.5. The Morgan fingerprint density at radius 1 is 1.18 bits per heavy atom. The molecule has 22 heavy (non-hydrogen) atoms. The fraction of sp³-hybridized carbons (Fsp3) is 0. The van der Waals surface area contributed by atoms with Gasteiger partial charge in [0.2, 0.25) is 0 Å². The number of pyridine rings is 1. The van der Waals surface area contributed by atoms with Crippen molar-refractivity contribution in [1.29, 1.82) is 0 Å². The molecule has 3 aromatic rings. The summed E-state index contributed by atoms with van der Waals surface area (Å²) in [6.07, 6.45) is 3.16. The first kappa shape index (κ1) is 13.9. The van der Waals surface area contributed by atoms with Crippen molar-refractivity contribution in [3.8, 4) is 11.3 Å². The van der Waals surface area contributed by atoms with E-state index in [-0.39, 0.29) is 11.4 Å². The maximum atomic E-state index is 13.5. The quantitative estimate of drug-likeness (QED) is 0.806. The second-order valence-electron chi connectivity index (χ2n) is 4.40. The zero-order valence-corrected chi connectivity index (χ0v) is 11.1. The molecule has 110 valence electrons. The Morgan fingerprint density at radius 3 is 2.77 bits per heavy atom. The number of hydrogen-bond acceptors (Lipinski definition) is 4. The Kier molecular flexibility index (Phi) is 3.61. The van der Waals surface area contributed by atoms with Crippen LogP contribution in [0.15, 0.2) is 53.3 Å². The first-order valence-electron chi connectivity index (χ1n) is 6.27. The van der Waals surface area contributed by atoms with Gasteiger partial charge in [0.1, 0.15) is 11.6 Å². The van der Waals surface area contributed by atoms with Crippen LogP contribution < -0.4 is 5.32 Å². The summed E-state index contributed by atoms with van der Waals surface area (Å²) in [6.45, 7) is 0. The maximum absolute atomic E-state index is 13.5. The molecule has 0 saturated carbocycles. The van der Waals surface area contributed by atoms with Crippen molar-refractivity contribution < 1.29 is 18.1 Å². The van der Waals surface area contributed by atoms with Gasteiger partial charge in [-0.25, -0.2) is 8.78 Å². The third kappa shape index (κ3) is 2.83. The van der Waals surface area contributed by atoms with Crippen molar-refractivity contribution in [1.82, 2.24) is 10.1 Å². The number of hydrogen-bond donors (Lipinski definition) is 1. The minimum atomic E-state index is -0.871. The number of amides is 1. The van der Waals surface area contributed by atoms with Crippen LogP contribution in [0.4, 0.5) is 14.5 Å². The number of aromatic nitrogens is 2. The van der Waals surface area contributed by atoms with Crippen LogP contribution in [0, 0.1) is 11.6 Å². The zero-order chi connectivity index (χ0) is 15.5. The van der Waals surface area contributed by atoms with Crippen LogP contribution in [0.5, 0.6) is 0 Å². The van der Waals surface area contributed by atoms with E-state index in [0.717, 1.165) is 12.1 Å². The Bertz CT molecular complexity index is 819. The Labute approximate surface area is 123 Å². The van der Waals surface area contributed by atoms with E-state index in [2.05, 4.69) is 15.5 Å². The van der Waals surface area contributed by atoms with E-state index in [4.69, 9.17) is 4.52 Å². The minimum Gasteiger partial charge on any atom is -0.355 e. The first-order valence-corrected chi connectivity index (χ1v) is 6.27. The third-order valence-electron chi connectivity index (χ3n) is 2.87. The molecule has 0 unspecified atom stereocenters. The van der Waals surface area contributed by atoms with Gasteiger partial charge in [0.05, 0.1) is 5.69 Å². The molecule has 1 amide bonds. The number of anilines is 1. The summed E-state index contributed by atoms with van der Waals surface area (Å²) in [5.41, 5.74) is 0.488. The molecule has 0 saturated heterocycles. The predicted molar refractivity (Wildman–Crippen MR) is 74.0 cm³/mol. The molecule has 2 aromatic heterocycles. The number of carbonyl (C=O) groups excluding carboxylic acids is 1. The van der Waals surface area contributed by atoms with E-state index in [0.29, 0.717) is 17.4 Å². The third-order valence-corrected chi connectivity index (χ3v) is 2.87. The standard InChI is InChI=1S/C15H9F2N3O2/c16-10-3-4-12(11(17)6-10)19-15(21)13-7-14(22-20-13)9-2-1-5-18-8-9/h1-8H,(H,19,21). The summed E-state index contributed by atoms with van der Waals surface area (Å²) in [4.78, 5) is 15.9. The fourth-order valence-electron chi connectivity index (χ4n) is 1.80. The Balaban J connectivity index is 1.80. The highest BCUT2D eigenvalue weighted by atomic mass is 19.1. The monoisotopic (exact) mass is 301 g/mol. The second-order valence-corrected chi connectivity index (χ2v) is 4.40. The molecule has 0 spiro atoms. The van der Waals surface area contributed by atoms with Gasteiger partial charge >= 0.3 is 0 Å². The molecular formula is C15H9F2N3O2. The predicted octanol–water partition coefficient (Wildman–Crippen LogP) is 3.27. The summed E-state index contributed by atoms with van der Waals surface area (Å²) < 4.78 is 31.4. The van der Waals surface area contributed by atoms with Crippen LogP contribution in [0.25, 0.3) is 11.3 Å². The van der Waals surface area contributed by atoms with Gasteiger partial charge < -0.3 is 9.84 Å². The summed E-state index contributed by atoms with van der Waals surface area (Å²) in [5, 5.41) is 5.92. The van der Waals surface area contributed by atoms with Gasteiger partial charge in [-0.05, 0) is 24.3 Å². The van der Waals surface area contributed by atoms with Gasteiger partial charge in [-0.1, -0.05) is 5.16 Å². The molecule has 0 atom stereocenters. The molecule has 1 aromatic carbocycles. The van der Waals surface area contributed by atoms with Crippen molar-refractivity contribution in [3.05, 3.63) is 66.1 Å². The summed E-state index contributed by atoms with van der Waals surface area (Å²) in [6, 6.07) is 7.72. The smallest absolute Gasteiger partial charge is 0.277 e. The van der Waals surface area contributed by atoms with E-state index < -0.39 is 17.5 Å². The maximum Gasteiger partial charge on any atom is 0.277 e. The molecule has 0 bridgehead atoms. The van der Waals surface area contributed by atoms with Crippen LogP contribution in [-0.2, 0) is 0 Å². The molecule has 0 aliphatic rings. The molecular weight excluding hydrogens is 292 g/mol. The van der Waals surface area contributed by atoms with E-state index >= 15 is 0 Å². The lowest BCUT2D eigenvalue weighted by Crippen LogP contribution is -2.13. The largest absolute Gasteiger partial charge is 0.355 e. The summed E-state index contributed by atoms with van der Waals surface area (Å²) >= 11 is 0. The number of nitrogens with one attached hydrogen (secondary N) is 1. The van der Waals surface area contributed by atoms with Gasteiger partial charge in [0.25, 0.3) is 5.91 Å². The highest BCUT2D eigenvalue weighted by molar-refractivity contribution is 6.03. The minimum absolute atomic E-state index is 0.0254. The highest BCUT2D eigenvalue weighted by Gasteiger charge is 2.15. The van der Waals surface area contributed by atoms with E-state index in [1.165, 1.54) is 6.07 Å². The van der Waals surface area contributed by atoms with Gasteiger partial charge in [-0.15, -0.1) is 0 Å². The number of rotatable bonds is 3. The van der Waals surface area contributed by atoms with E-state index in [1.54, 1.807) is 24.5 Å². The van der Waals surface area contributed by atoms with Gasteiger partial charge in [0, 0.05) is 30.1 Å². The summed E-state index contributed by atoms with van der Waals surface area (Å²) in [5.74, 6) is -1.90. The fourth-order valence-corrected chi connectivity index (χ4v) is 1.80. The van der Waals surface area contributed by atoms with Gasteiger partial charge in [-0.3, -0.25) is 9.78 Å². The number of carbonyl (C=O) groups is 1. The lowest BCUT2D eigenvalue weighted by atomic mass is 10.2. The molecule has 2 heterocycles. The first-order chi connectivity index (χ1) is 10.6. The Hall–Kier alpha value is -3.09. The van der Waals surface area contributed by atoms with E-state index in [1.807, 2.05) is 0 Å². The average Bonchev–Trinajstić information content (AvgIpc) is 3.01. The molecule has 0 aliphatic heterocycles. The second kappa shape index (κ2) is 5.72. The number of halogens is 2. The average molecular weight is 301 g/mol. The van der Waals surface area contributed by atoms with Crippen LogP contribution in [0.2, 0.25) is 0 Å². The highest BCUT2D eigenvalue weighted by Crippen LogP contribution is 2.20. The molecule has 5 nitrogen and oxygen atoms in total. The van der Waals surface area contributed by atoms with Crippen molar-refractivity contribution in [2.75, 3.05) is 5.32 Å². The van der Waals surface area contributed by atoms with Gasteiger partial charge in [0.15, 0.2) is 11.5 Å². The lowest BCUT2D eigenvalue weighted by molar-refractivity contribution is 0.101.